The number of fused-ring (bicyclic) bond motifs is 2. The molecule has 2 aliphatic heterocycles. The molecule has 10 nitrogen and oxygen atoms in total. The first-order valence-electron chi connectivity index (χ1n) is 9.25. The summed E-state index contributed by atoms with van der Waals surface area (Å²) in [6.45, 7) is 8.94. The molecule has 2 saturated heterocycles. The van der Waals surface area contributed by atoms with E-state index in [1.54, 1.807) is 20.8 Å². The van der Waals surface area contributed by atoms with Crippen molar-refractivity contribution in [1.29, 1.82) is 0 Å². The van der Waals surface area contributed by atoms with E-state index in [-0.39, 0.29) is 12.5 Å². The van der Waals surface area contributed by atoms with E-state index >= 15 is 0 Å². The molecular formula is C17H27N2O8P. The number of ether oxygens (including phenoxy) is 2. The Kier molecular flexibility index (Phi) is 5.75. The molecule has 2 bridgehead atoms. The standard InChI is InChI=1S/C17H27N2O8P/c1-9(2)6-17-8-24-12(13(17)27-28(22,23)26-10(3)4)15(25-17)19-7-11(5)14(20)18-16(19)21/h7,9-10,12-13,15H,6,8H2,1-5H3,(H,22,23)(H,18,20,21)/t12?,13?,15-,17+/m1/s1. The fraction of sp³-hybridized carbons (Fsp3) is 0.765. The Morgan fingerprint density at radius 1 is 1.39 bits per heavy atom. The largest absolute Gasteiger partial charge is 0.472 e. The molecule has 0 amide bonds. The molecule has 0 aliphatic carbocycles. The lowest BCUT2D eigenvalue weighted by molar-refractivity contribution is -0.180. The van der Waals surface area contributed by atoms with Crippen LogP contribution in [0, 0.1) is 12.8 Å². The molecule has 28 heavy (non-hydrogen) atoms. The molecule has 3 heterocycles. The number of nitrogens with zero attached hydrogens (tertiary/aromatic N) is 1. The van der Waals surface area contributed by atoms with Crippen molar-refractivity contribution in [2.45, 2.75) is 71.2 Å². The van der Waals surface area contributed by atoms with Crippen molar-refractivity contribution in [3.05, 3.63) is 32.6 Å². The zero-order valence-electron chi connectivity index (χ0n) is 16.6. The zero-order valence-corrected chi connectivity index (χ0v) is 17.5. The lowest BCUT2D eigenvalue weighted by atomic mass is 9.89. The van der Waals surface area contributed by atoms with Gasteiger partial charge in [0.2, 0.25) is 0 Å². The average Bonchev–Trinajstić information content (AvgIpc) is 2.99. The summed E-state index contributed by atoms with van der Waals surface area (Å²) in [6, 6.07) is 0. The highest BCUT2D eigenvalue weighted by atomic mass is 31.2. The zero-order chi connectivity index (χ0) is 20.9. The van der Waals surface area contributed by atoms with Gasteiger partial charge in [-0.3, -0.25) is 23.4 Å². The molecule has 2 aliphatic rings. The van der Waals surface area contributed by atoms with Crippen LogP contribution in [0.3, 0.4) is 0 Å². The van der Waals surface area contributed by atoms with Crippen molar-refractivity contribution < 1.29 is 28.0 Å². The van der Waals surface area contributed by atoms with Crippen molar-refractivity contribution >= 4 is 7.82 Å². The van der Waals surface area contributed by atoms with Crippen LogP contribution in [0.2, 0.25) is 0 Å². The van der Waals surface area contributed by atoms with Gasteiger partial charge < -0.3 is 14.4 Å². The van der Waals surface area contributed by atoms with Gasteiger partial charge >= 0.3 is 13.5 Å². The van der Waals surface area contributed by atoms with Crippen molar-refractivity contribution in [3.63, 3.8) is 0 Å². The molecule has 3 unspecified atom stereocenters. The molecule has 2 fully saturated rings. The highest BCUT2D eigenvalue weighted by Gasteiger charge is 2.64. The number of nitrogens with one attached hydrogen (secondary N) is 1. The molecule has 1 aromatic heterocycles. The lowest BCUT2D eigenvalue weighted by Crippen LogP contribution is -2.43. The number of phosphoric ester groups is 1. The Morgan fingerprint density at radius 3 is 2.68 bits per heavy atom. The number of hydrogen-bond donors (Lipinski definition) is 2. The van der Waals surface area contributed by atoms with Gasteiger partial charge in [0, 0.05) is 11.8 Å². The van der Waals surface area contributed by atoms with E-state index < -0.39 is 49.2 Å². The summed E-state index contributed by atoms with van der Waals surface area (Å²) < 4.78 is 36.2. The van der Waals surface area contributed by atoms with Gasteiger partial charge in [-0.25, -0.2) is 9.36 Å². The monoisotopic (exact) mass is 418 g/mol. The third kappa shape index (κ3) is 4.03. The van der Waals surface area contributed by atoms with Crippen molar-refractivity contribution in [3.8, 4) is 0 Å². The molecule has 5 atom stereocenters. The molecular weight excluding hydrogens is 391 g/mol. The van der Waals surface area contributed by atoms with Crippen LogP contribution in [0.4, 0.5) is 0 Å². The van der Waals surface area contributed by atoms with Gasteiger partial charge in [0.25, 0.3) is 5.56 Å². The van der Waals surface area contributed by atoms with Gasteiger partial charge in [0.1, 0.15) is 17.8 Å². The summed E-state index contributed by atoms with van der Waals surface area (Å²) in [5.74, 6) is 0.172. The summed E-state index contributed by atoms with van der Waals surface area (Å²) in [5, 5.41) is 0. The third-order valence-electron chi connectivity index (χ3n) is 4.74. The van der Waals surface area contributed by atoms with Crippen LogP contribution in [0.5, 0.6) is 0 Å². The molecule has 1 aromatic rings. The number of aromatic amines is 1. The number of hydrogen-bond acceptors (Lipinski definition) is 7. The summed E-state index contributed by atoms with van der Waals surface area (Å²) >= 11 is 0. The minimum absolute atomic E-state index is 0.162. The Bertz CT molecular complexity index is 894. The number of aromatic nitrogens is 2. The van der Waals surface area contributed by atoms with Crippen LogP contribution in [0.25, 0.3) is 0 Å². The molecule has 2 N–H and O–H groups in total. The van der Waals surface area contributed by atoms with Crippen molar-refractivity contribution in [2.24, 2.45) is 5.92 Å². The van der Waals surface area contributed by atoms with Gasteiger partial charge in [-0.2, -0.15) is 0 Å². The lowest BCUT2D eigenvalue weighted by Gasteiger charge is -2.33. The van der Waals surface area contributed by atoms with E-state index in [0.717, 1.165) is 0 Å². The van der Waals surface area contributed by atoms with Crippen LogP contribution in [-0.2, 0) is 23.1 Å². The molecule has 0 spiro atoms. The smallest absolute Gasteiger partial charge is 0.368 e. The SMILES string of the molecule is Cc1cn([C@@H]2O[C@@]3(CC(C)C)COC2C3OP(=O)(O)OC(C)C)c(=O)[nH]c1=O. The van der Waals surface area contributed by atoms with Gasteiger partial charge in [-0.1, -0.05) is 13.8 Å². The summed E-state index contributed by atoms with van der Waals surface area (Å²) in [4.78, 5) is 36.4. The number of H-pyrrole nitrogens is 1. The molecule has 0 saturated carbocycles. The van der Waals surface area contributed by atoms with Gasteiger partial charge in [0.15, 0.2) is 6.23 Å². The minimum atomic E-state index is -4.37. The third-order valence-corrected chi connectivity index (χ3v) is 5.92. The molecule has 0 aromatic carbocycles. The second-order valence-corrected chi connectivity index (χ2v) is 9.43. The highest BCUT2D eigenvalue weighted by Crippen LogP contribution is 2.56. The summed E-state index contributed by atoms with van der Waals surface area (Å²) in [6.07, 6.45) is -1.26. The highest BCUT2D eigenvalue weighted by molar-refractivity contribution is 7.47. The van der Waals surface area contributed by atoms with Gasteiger partial charge in [-0.15, -0.1) is 0 Å². The molecule has 158 valence electrons. The fourth-order valence-electron chi connectivity index (χ4n) is 3.84. The summed E-state index contributed by atoms with van der Waals surface area (Å²) in [5.41, 5.74) is -1.82. The van der Waals surface area contributed by atoms with Crippen LogP contribution in [-0.4, -0.2) is 45.0 Å². The van der Waals surface area contributed by atoms with Crippen LogP contribution in [0.1, 0.15) is 45.9 Å². The fourth-order valence-corrected chi connectivity index (χ4v) is 5.02. The van der Waals surface area contributed by atoms with Crippen LogP contribution in [0.15, 0.2) is 15.8 Å². The number of aryl methyl sites for hydroxylation is 1. The quantitative estimate of drug-likeness (QED) is 0.637. The van der Waals surface area contributed by atoms with Crippen LogP contribution < -0.4 is 11.2 Å². The van der Waals surface area contributed by atoms with E-state index in [4.69, 9.17) is 18.5 Å². The van der Waals surface area contributed by atoms with E-state index in [0.29, 0.717) is 12.0 Å². The van der Waals surface area contributed by atoms with E-state index in [9.17, 15) is 19.0 Å². The van der Waals surface area contributed by atoms with Crippen molar-refractivity contribution in [2.75, 3.05) is 6.61 Å². The Balaban J connectivity index is 1.98. The van der Waals surface area contributed by atoms with Gasteiger partial charge in [0.05, 0.1) is 12.7 Å². The normalized spacial score (nSPS) is 31.6. The van der Waals surface area contributed by atoms with E-state index in [1.165, 1.54) is 10.8 Å². The Morgan fingerprint density at radius 2 is 2.07 bits per heavy atom. The average molecular weight is 418 g/mol. The van der Waals surface area contributed by atoms with Crippen molar-refractivity contribution in [1.82, 2.24) is 9.55 Å². The number of rotatable bonds is 7. The predicted molar refractivity (Wildman–Crippen MR) is 99.0 cm³/mol. The maximum atomic E-state index is 12.4. The molecule has 11 heteroatoms. The molecule has 0 radical (unpaired) electrons. The first-order valence-corrected chi connectivity index (χ1v) is 10.7. The second-order valence-electron chi connectivity index (χ2n) is 8.07. The van der Waals surface area contributed by atoms with E-state index in [1.807, 2.05) is 13.8 Å². The Labute approximate surface area is 162 Å². The van der Waals surface area contributed by atoms with E-state index in [2.05, 4.69) is 4.98 Å². The van der Waals surface area contributed by atoms with Crippen LogP contribution >= 0.6 is 7.82 Å². The topological polar surface area (TPSA) is 129 Å². The first-order chi connectivity index (χ1) is 12.9. The Hall–Kier alpha value is -1.29. The minimum Gasteiger partial charge on any atom is -0.368 e. The maximum absolute atomic E-state index is 12.4. The predicted octanol–water partition coefficient (Wildman–Crippen LogP) is 1.47. The van der Waals surface area contributed by atoms with Gasteiger partial charge in [-0.05, 0) is 33.1 Å². The molecule has 3 rings (SSSR count). The second kappa shape index (κ2) is 7.51. The number of phosphoric acid groups is 1. The summed E-state index contributed by atoms with van der Waals surface area (Å²) in [7, 11) is -4.37. The first kappa shape index (κ1) is 21.4. The maximum Gasteiger partial charge on any atom is 0.472 e.